The maximum absolute atomic E-state index is 13.1. The summed E-state index contributed by atoms with van der Waals surface area (Å²) in [7, 11) is 0. The molecule has 2 aromatic heterocycles. The summed E-state index contributed by atoms with van der Waals surface area (Å²) in [6.45, 7) is 5.74. The summed E-state index contributed by atoms with van der Waals surface area (Å²) in [5.41, 5.74) is 0.614. The number of nitrogens with one attached hydrogen (secondary N) is 1. The molecule has 1 aliphatic rings. The van der Waals surface area contributed by atoms with Crippen LogP contribution in [0.1, 0.15) is 35.7 Å². The van der Waals surface area contributed by atoms with E-state index in [0.717, 1.165) is 18.5 Å². The van der Waals surface area contributed by atoms with Crippen molar-refractivity contribution in [3.8, 4) is 0 Å². The fourth-order valence-electron chi connectivity index (χ4n) is 4.08. The molecule has 0 bridgehead atoms. The Hall–Kier alpha value is -3.33. The molecule has 1 aromatic carbocycles. The van der Waals surface area contributed by atoms with Gasteiger partial charge >= 0.3 is 5.69 Å². The predicted molar refractivity (Wildman–Crippen MR) is 119 cm³/mol. The smallest absolute Gasteiger partial charge is 0.329 e. The monoisotopic (exact) mass is 439 g/mol. The number of carbonyl (C=O) groups is 1. The number of amides is 1. The summed E-state index contributed by atoms with van der Waals surface area (Å²) in [5, 5.41) is 0.233. The molecule has 3 heterocycles. The minimum atomic E-state index is -0.541. The molecule has 32 heavy (non-hydrogen) atoms. The van der Waals surface area contributed by atoms with Gasteiger partial charge in [0.05, 0.1) is 10.9 Å². The second-order valence-electron chi connectivity index (χ2n) is 8.05. The molecule has 0 spiro atoms. The van der Waals surface area contributed by atoms with E-state index < -0.39 is 11.2 Å². The zero-order valence-electron chi connectivity index (χ0n) is 18.0. The molecule has 4 rings (SSSR count). The third kappa shape index (κ3) is 4.62. The van der Waals surface area contributed by atoms with Crippen molar-refractivity contribution in [1.29, 1.82) is 0 Å². The Morgan fingerprint density at radius 1 is 1.12 bits per heavy atom. The number of halogens is 1. The quantitative estimate of drug-likeness (QED) is 0.657. The summed E-state index contributed by atoms with van der Waals surface area (Å²) in [6.07, 6.45) is 2.97. The fraction of sp³-hybridized carbons (Fsp3) is 0.391. The number of carbonyl (C=O) groups excluding carboxylic acids is 1. The van der Waals surface area contributed by atoms with Crippen molar-refractivity contribution in [3.05, 3.63) is 74.3 Å². The Labute approximate surface area is 184 Å². The Balaban J connectivity index is 1.51. The molecule has 0 aliphatic carbocycles. The molecule has 1 saturated heterocycles. The van der Waals surface area contributed by atoms with Crippen LogP contribution < -0.4 is 11.2 Å². The minimum absolute atomic E-state index is 0.185. The molecule has 168 valence electrons. The van der Waals surface area contributed by atoms with E-state index in [1.165, 1.54) is 29.0 Å². The van der Waals surface area contributed by atoms with Crippen molar-refractivity contribution in [1.82, 2.24) is 24.3 Å². The van der Waals surface area contributed by atoms with Crippen molar-refractivity contribution in [2.45, 2.75) is 32.9 Å². The van der Waals surface area contributed by atoms with E-state index in [-0.39, 0.29) is 17.1 Å². The normalized spacial score (nSPS) is 15.1. The van der Waals surface area contributed by atoms with E-state index >= 15 is 0 Å². The first-order chi connectivity index (χ1) is 15.5. The van der Waals surface area contributed by atoms with Gasteiger partial charge in [-0.2, -0.15) is 0 Å². The van der Waals surface area contributed by atoms with Crippen LogP contribution in [-0.2, 0) is 13.1 Å². The second-order valence-corrected chi connectivity index (χ2v) is 8.05. The van der Waals surface area contributed by atoms with Crippen LogP contribution in [0, 0.1) is 5.82 Å². The van der Waals surface area contributed by atoms with Gasteiger partial charge in [-0.15, -0.1) is 0 Å². The van der Waals surface area contributed by atoms with E-state index in [4.69, 9.17) is 0 Å². The first-order valence-corrected chi connectivity index (χ1v) is 10.8. The van der Waals surface area contributed by atoms with Crippen LogP contribution in [0.15, 0.2) is 46.1 Å². The van der Waals surface area contributed by atoms with Crippen LogP contribution in [-0.4, -0.2) is 56.4 Å². The highest BCUT2D eigenvalue weighted by Gasteiger charge is 2.22. The van der Waals surface area contributed by atoms with Crippen molar-refractivity contribution < 1.29 is 9.18 Å². The van der Waals surface area contributed by atoms with Crippen LogP contribution in [0.3, 0.4) is 0 Å². The minimum Gasteiger partial charge on any atom is -0.337 e. The molecule has 0 radical (unpaired) electrons. The van der Waals surface area contributed by atoms with Gasteiger partial charge in [-0.05, 0) is 36.6 Å². The van der Waals surface area contributed by atoms with Gasteiger partial charge in [0.1, 0.15) is 11.5 Å². The molecule has 9 heteroatoms. The molecule has 1 amide bonds. The summed E-state index contributed by atoms with van der Waals surface area (Å²) >= 11 is 0. The topological polar surface area (TPSA) is 91.3 Å². The number of hydrogen-bond acceptors (Lipinski definition) is 5. The highest BCUT2D eigenvalue weighted by atomic mass is 19.1. The van der Waals surface area contributed by atoms with Gasteiger partial charge < -0.3 is 4.90 Å². The summed E-state index contributed by atoms with van der Waals surface area (Å²) in [6, 6.07) is 7.99. The molecule has 1 N–H and O–H groups in total. The molecule has 0 saturated carbocycles. The first kappa shape index (κ1) is 21.9. The van der Waals surface area contributed by atoms with Crippen molar-refractivity contribution in [3.63, 3.8) is 0 Å². The number of nitrogens with zero attached hydrogens (tertiary/aromatic N) is 4. The van der Waals surface area contributed by atoms with E-state index in [0.29, 0.717) is 50.4 Å². The Morgan fingerprint density at radius 2 is 1.91 bits per heavy atom. The third-order valence-electron chi connectivity index (χ3n) is 5.72. The first-order valence-electron chi connectivity index (χ1n) is 10.8. The lowest BCUT2D eigenvalue weighted by Crippen LogP contribution is -2.35. The number of fused-ring (bicyclic) bond motifs is 1. The number of aromatic amines is 1. The van der Waals surface area contributed by atoms with Gasteiger partial charge in [-0.3, -0.25) is 24.0 Å². The molecule has 8 nitrogen and oxygen atoms in total. The Kier molecular flexibility index (Phi) is 6.45. The number of rotatable bonds is 5. The SMILES string of the molecule is CCCn1c(=O)[nH]c(=O)c2cc(C(=O)N3CCCN(Cc4ccc(F)cc4)CC3)cnc21. The number of H-pyrrole nitrogens is 1. The standard InChI is InChI=1S/C23H26FN5O3/c1-2-8-29-20-19(21(30)26-23(29)32)13-17(14-25-20)22(31)28-10-3-9-27(11-12-28)15-16-4-6-18(24)7-5-16/h4-7,13-14H,2-3,8-12,15H2,1H3,(H,26,30,32). The highest BCUT2D eigenvalue weighted by molar-refractivity contribution is 5.96. The lowest BCUT2D eigenvalue weighted by Gasteiger charge is -2.22. The van der Waals surface area contributed by atoms with Gasteiger partial charge in [-0.25, -0.2) is 14.2 Å². The summed E-state index contributed by atoms with van der Waals surface area (Å²) in [5.74, 6) is -0.438. The largest absolute Gasteiger partial charge is 0.337 e. The van der Waals surface area contributed by atoms with Gasteiger partial charge in [-0.1, -0.05) is 19.1 Å². The van der Waals surface area contributed by atoms with Crippen LogP contribution >= 0.6 is 0 Å². The molecule has 0 unspecified atom stereocenters. The molecule has 1 fully saturated rings. The zero-order chi connectivity index (χ0) is 22.7. The van der Waals surface area contributed by atoms with Crippen molar-refractivity contribution >= 4 is 16.9 Å². The van der Waals surface area contributed by atoms with E-state index in [2.05, 4.69) is 14.9 Å². The Morgan fingerprint density at radius 3 is 2.66 bits per heavy atom. The van der Waals surface area contributed by atoms with Crippen LogP contribution in [0.5, 0.6) is 0 Å². The fourth-order valence-corrected chi connectivity index (χ4v) is 4.08. The molecular formula is C23H26FN5O3. The van der Waals surface area contributed by atoms with Gasteiger partial charge in [0.25, 0.3) is 11.5 Å². The van der Waals surface area contributed by atoms with Gasteiger partial charge in [0.15, 0.2) is 0 Å². The average molecular weight is 439 g/mol. The summed E-state index contributed by atoms with van der Waals surface area (Å²) < 4.78 is 14.6. The number of pyridine rings is 1. The van der Waals surface area contributed by atoms with Gasteiger partial charge in [0, 0.05) is 45.5 Å². The lowest BCUT2D eigenvalue weighted by atomic mass is 10.2. The molecular weight excluding hydrogens is 413 g/mol. The highest BCUT2D eigenvalue weighted by Crippen LogP contribution is 2.14. The van der Waals surface area contributed by atoms with Crippen LogP contribution in [0.4, 0.5) is 4.39 Å². The predicted octanol–water partition coefficient (Wildman–Crippen LogP) is 1.98. The van der Waals surface area contributed by atoms with Gasteiger partial charge in [0.2, 0.25) is 0 Å². The lowest BCUT2D eigenvalue weighted by molar-refractivity contribution is 0.0761. The number of hydrogen-bond donors (Lipinski definition) is 1. The van der Waals surface area contributed by atoms with E-state index in [1.54, 1.807) is 17.0 Å². The number of aromatic nitrogens is 3. The average Bonchev–Trinajstić information content (AvgIpc) is 3.03. The molecule has 1 aliphatic heterocycles. The number of benzene rings is 1. The van der Waals surface area contributed by atoms with E-state index in [1.807, 2.05) is 6.92 Å². The second kappa shape index (κ2) is 9.44. The zero-order valence-corrected chi connectivity index (χ0v) is 18.0. The van der Waals surface area contributed by atoms with Crippen molar-refractivity contribution in [2.75, 3.05) is 26.2 Å². The van der Waals surface area contributed by atoms with Crippen LogP contribution in [0.25, 0.3) is 11.0 Å². The number of aryl methyl sites for hydroxylation is 1. The van der Waals surface area contributed by atoms with Crippen molar-refractivity contribution in [2.24, 2.45) is 0 Å². The molecule has 0 atom stereocenters. The summed E-state index contributed by atoms with van der Waals surface area (Å²) in [4.78, 5) is 48.2. The third-order valence-corrected chi connectivity index (χ3v) is 5.72. The van der Waals surface area contributed by atoms with Crippen LogP contribution in [0.2, 0.25) is 0 Å². The van der Waals surface area contributed by atoms with E-state index in [9.17, 15) is 18.8 Å². The maximum Gasteiger partial charge on any atom is 0.329 e. The maximum atomic E-state index is 13.1. The molecule has 3 aromatic rings. The Bertz CT molecular complexity index is 1240.